The van der Waals surface area contributed by atoms with Crippen molar-refractivity contribution in [3.05, 3.63) is 34.9 Å². The van der Waals surface area contributed by atoms with Crippen LogP contribution >= 0.6 is 0 Å². The molecule has 2 unspecified atom stereocenters. The van der Waals surface area contributed by atoms with Gasteiger partial charge in [0, 0.05) is 18.5 Å². The van der Waals surface area contributed by atoms with Crippen LogP contribution in [-0.4, -0.2) is 34.1 Å². The standard InChI is InChI=1S/C14H16N2O3/c1-8-2-3-10-9(6-8)7-16(14(10)19)11-4-5-12(17)15-13(11)18/h2-3,6,11,13,18H,4-5,7H2,1H3,(H,15,17). The average Bonchev–Trinajstić information content (AvgIpc) is 2.66. The van der Waals surface area contributed by atoms with Crippen LogP contribution in [-0.2, 0) is 11.3 Å². The van der Waals surface area contributed by atoms with E-state index >= 15 is 0 Å². The number of amides is 2. The highest BCUT2D eigenvalue weighted by Gasteiger charge is 2.38. The molecule has 1 fully saturated rings. The number of fused-ring (bicyclic) bond motifs is 1. The lowest BCUT2D eigenvalue weighted by Crippen LogP contribution is -2.55. The maximum atomic E-state index is 12.3. The monoisotopic (exact) mass is 260 g/mol. The first-order valence-electron chi connectivity index (χ1n) is 6.44. The minimum absolute atomic E-state index is 0.0600. The number of hydrogen-bond donors (Lipinski definition) is 2. The predicted octanol–water partition coefficient (Wildman–Crippen LogP) is 0.548. The fourth-order valence-corrected chi connectivity index (χ4v) is 2.84. The van der Waals surface area contributed by atoms with Crippen molar-refractivity contribution < 1.29 is 14.7 Å². The maximum absolute atomic E-state index is 12.3. The second kappa shape index (κ2) is 4.35. The van der Waals surface area contributed by atoms with Gasteiger partial charge in [0.15, 0.2) is 0 Å². The van der Waals surface area contributed by atoms with Crippen LogP contribution in [0.15, 0.2) is 18.2 Å². The van der Waals surface area contributed by atoms with Crippen molar-refractivity contribution in [3.8, 4) is 0 Å². The molecule has 1 saturated heterocycles. The Bertz CT molecular complexity index is 556. The van der Waals surface area contributed by atoms with Crippen molar-refractivity contribution in [1.82, 2.24) is 10.2 Å². The average molecular weight is 260 g/mol. The van der Waals surface area contributed by atoms with E-state index in [1.54, 1.807) is 4.90 Å². The second-order valence-electron chi connectivity index (χ2n) is 5.21. The molecule has 1 aromatic rings. The van der Waals surface area contributed by atoms with Crippen LogP contribution in [0.4, 0.5) is 0 Å². The Balaban J connectivity index is 1.85. The molecule has 5 nitrogen and oxygen atoms in total. The van der Waals surface area contributed by atoms with Crippen LogP contribution in [0.5, 0.6) is 0 Å². The molecule has 2 aliphatic heterocycles. The van der Waals surface area contributed by atoms with Crippen molar-refractivity contribution >= 4 is 11.8 Å². The van der Waals surface area contributed by atoms with Gasteiger partial charge in [-0.3, -0.25) is 9.59 Å². The van der Waals surface area contributed by atoms with Gasteiger partial charge in [-0.15, -0.1) is 0 Å². The number of aliphatic hydroxyl groups is 1. The van der Waals surface area contributed by atoms with E-state index < -0.39 is 6.23 Å². The van der Waals surface area contributed by atoms with Gasteiger partial charge in [-0.05, 0) is 25.0 Å². The largest absolute Gasteiger partial charge is 0.372 e. The summed E-state index contributed by atoms with van der Waals surface area (Å²) >= 11 is 0. The summed E-state index contributed by atoms with van der Waals surface area (Å²) in [7, 11) is 0. The maximum Gasteiger partial charge on any atom is 0.254 e. The van der Waals surface area contributed by atoms with Crippen molar-refractivity contribution in [1.29, 1.82) is 0 Å². The first kappa shape index (κ1) is 12.2. The predicted molar refractivity (Wildman–Crippen MR) is 68.2 cm³/mol. The first-order valence-corrected chi connectivity index (χ1v) is 6.44. The van der Waals surface area contributed by atoms with E-state index in [-0.39, 0.29) is 17.9 Å². The fourth-order valence-electron chi connectivity index (χ4n) is 2.84. The van der Waals surface area contributed by atoms with Crippen LogP contribution in [0.25, 0.3) is 0 Å². The normalized spacial score (nSPS) is 26.3. The summed E-state index contributed by atoms with van der Waals surface area (Å²) < 4.78 is 0. The molecular weight excluding hydrogens is 244 g/mol. The molecule has 2 N–H and O–H groups in total. The van der Waals surface area contributed by atoms with E-state index in [9.17, 15) is 14.7 Å². The molecule has 3 rings (SSSR count). The Kier molecular flexibility index (Phi) is 2.78. The van der Waals surface area contributed by atoms with E-state index in [1.807, 2.05) is 25.1 Å². The van der Waals surface area contributed by atoms with Crippen molar-refractivity contribution in [2.24, 2.45) is 0 Å². The van der Waals surface area contributed by atoms with Crippen LogP contribution in [0.3, 0.4) is 0 Å². The van der Waals surface area contributed by atoms with Gasteiger partial charge in [0.05, 0.1) is 6.04 Å². The molecule has 0 spiro atoms. The molecular formula is C14H16N2O3. The Hall–Kier alpha value is -1.88. The molecule has 0 aliphatic carbocycles. The summed E-state index contributed by atoms with van der Waals surface area (Å²) in [6, 6.07) is 5.42. The van der Waals surface area contributed by atoms with Gasteiger partial charge < -0.3 is 15.3 Å². The van der Waals surface area contributed by atoms with Crippen LogP contribution < -0.4 is 5.32 Å². The van der Waals surface area contributed by atoms with Crippen LogP contribution in [0.2, 0.25) is 0 Å². The zero-order valence-electron chi connectivity index (χ0n) is 10.7. The fraction of sp³-hybridized carbons (Fsp3) is 0.429. The Labute approximate surface area is 111 Å². The van der Waals surface area contributed by atoms with Gasteiger partial charge in [0.2, 0.25) is 5.91 Å². The second-order valence-corrected chi connectivity index (χ2v) is 5.21. The molecule has 2 amide bonds. The van der Waals surface area contributed by atoms with Gasteiger partial charge >= 0.3 is 0 Å². The van der Waals surface area contributed by atoms with Gasteiger partial charge in [-0.1, -0.05) is 17.7 Å². The quantitative estimate of drug-likeness (QED) is 0.774. The summed E-state index contributed by atoms with van der Waals surface area (Å²) in [4.78, 5) is 25.2. The summed E-state index contributed by atoms with van der Waals surface area (Å²) in [5.41, 5.74) is 2.81. The summed E-state index contributed by atoms with van der Waals surface area (Å²) in [5.74, 6) is -0.223. The Morgan fingerprint density at radius 3 is 2.89 bits per heavy atom. The minimum Gasteiger partial charge on any atom is -0.372 e. The molecule has 0 aromatic heterocycles. The lowest BCUT2D eigenvalue weighted by Gasteiger charge is -2.35. The molecule has 1 aromatic carbocycles. The smallest absolute Gasteiger partial charge is 0.254 e. The minimum atomic E-state index is -0.972. The first-order chi connectivity index (χ1) is 9.06. The van der Waals surface area contributed by atoms with E-state index in [0.717, 1.165) is 11.1 Å². The highest BCUT2D eigenvalue weighted by molar-refractivity contribution is 5.98. The molecule has 100 valence electrons. The number of piperidine rings is 1. The zero-order chi connectivity index (χ0) is 13.6. The molecule has 2 heterocycles. The lowest BCUT2D eigenvalue weighted by molar-refractivity contribution is -0.129. The van der Waals surface area contributed by atoms with E-state index in [4.69, 9.17) is 0 Å². The topological polar surface area (TPSA) is 69.6 Å². The Morgan fingerprint density at radius 1 is 1.37 bits per heavy atom. The van der Waals surface area contributed by atoms with Gasteiger partial charge in [0.1, 0.15) is 6.23 Å². The highest BCUT2D eigenvalue weighted by atomic mass is 16.3. The zero-order valence-corrected chi connectivity index (χ0v) is 10.7. The van der Waals surface area contributed by atoms with Crippen molar-refractivity contribution in [2.45, 2.75) is 38.6 Å². The number of benzene rings is 1. The van der Waals surface area contributed by atoms with Crippen LogP contribution in [0, 0.1) is 6.92 Å². The molecule has 0 saturated carbocycles. The van der Waals surface area contributed by atoms with Crippen LogP contribution in [0.1, 0.15) is 34.3 Å². The number of nitrogens with zero attached hydrogens (tertiary/aromatic N) is 1. The summed E-state index contributed by atoms with van der Waals surface area (Å²) in [6.45, 7) is 2.50. The van der Waals surface area contributed by atoms with Crippen molar-refractivity contribution in [2.75, 3.05) is 0 Å². The van der Waals surface area contributed by atoms with E-state index in [1.165, 1.54) is 0 Å². The highest BCUT2D eigenvalue weighted by Crippen LogP contribution is 2.28. The molecule has 0 bridgehead atoms. The number of aliphatic hydroxyl groups excluding tert-OH is 1. The van der Waals surface area contributed by atoms with Crippen molar-refractivity contribution in [3.63, 3.8) is 0 Å². The third kappa shape index (κ3) is 2.00. The number of carbonyl (C=O) groups is 2. The summed E-state index contributed by atoms with van der Waals surface area (Å²) in [5, 5.41) is 12.4. The van der Waals surface area contributed by atoms with Gasteiger partial charge in [0.25, 0.3) is 5.91 Å². The van der Waals surface area contributed by atoms with Gasteiger partial charge in [-0.2, -0.15) is 0 Å². The molecule has 2 aliphatic rings. The molecule has 19 heavy (non-hydrogen) atoms. The third-order valence-electron chi connectivity index (χ3n) is 3.83. The number of aryl methyl sites for hydroxylation is 1. The lowest BCUT2D eigenvalue weighted by atomic mass is 10.0. The summed E-state index contributed by atoms with van der Waals surface area (Å²) in [6.07, 6.45) is -0.118. The number of rotatable bonds is 1. The van der Waals surface area contributed by atoms with E-state index in [0.29, 0.717) is 24.9 Å². The van der Waals surface area contributed by atoms with E-state index in [2.05, 4.69) is 5.32 Å². The third-order valence-corrected chi connectivity index (χ3v) is 3.83. The molecule has 2 atom stereocenters. The SMILES string of the molecule is Cc1ccc2c(c1)CN(C1CCC(=O)NC1O)C2=O. The number of hydrogen-bond acceptors (Lipinski definition) is 3. The van der Waals surface area contributed by atoms with Gasteiger partial charge in [-0.25, -0.2) is 0 Å². The Morgan fingerprint density at radius 2 is 2.16 bits per heavy atom. The number of nitrogens with one attached hydrogen (secondary N) is 1. The molecule has 0 radical (unpaired) electrons. The number of carbonyl (C=O) groups excluding carboxylic acids is 2. The molecule has 5 heteroatoms.